The molecule has 1 aromatic rings. The van der Waals surface area contributed by atoms with E-state index in [1.165, 1.54) is 28.5 Å². The van der Waals surface area contributed by atoms with Gasteiger partial charge in [0.2, 0.25) is 0 Å². The average Bonchev–Trinajstić information content (AvgIpc) is 3.10. The Morgan fingerprint density at radius 1 is 1.38 bits per heavy atom. The quantitative estimate of drug-likeness (QED) is 0.797. The molecule has 0 radical (unpaired) electrons. The van der Waals surface area contributed by atoms with Crippen LogP contribution in [0.1, 0.15) is 45.6 Å². The van der Waals surface area contributed by atoms with Crippen LogP contribution in [0.5, 0.6) is 0 Å². The van der Waals surface area contributed by atoms with Crippen LogP contribution in [0.4, 0.5) is 0 Å². The molecule has 1 heterocycles. The van der Waals surface area contributed by atoms with E-state index in [9.17, 15) is 8.42 Å². The van der Waals surface area contributed by atoms with E-state index >= 15 is 0 Å². The second-order valence-electron chi connectivity index (χ2n) is 6.43. The van der Waals surface area contributed by atoms with Crippen molar-refractivity contribution >= 4 is 21.4 Å². The first-order valence-electron chi connectivity index (χ1n) is 7.59. The largest absolute Gasteiger partial charge is 0.310 e. The topological polar surface area (TPSA) is 49.4 Å². The molecule has 6 heteroatoms. The van der Waals surface area contributed by atoms with Gasteiger partial charge >= 0.3 is 0 Å². The maximum Gasteiger partial charge on any atom is 0.252 e. The minimum atomic E-state index is -3.36. The summed E-state index contributed by atoms with van der Waals surface area (Å²) in [7, 11) is -1.68. The molecule has 0 saturated heterocycles. The Kier molecular flexibility index (Phi) is 5.46. The summed E-state index contributed by atoms with van der Waals surface area (Å²) in [5, 5.41) is 5.36. The molecule has 1 N–H and O–H groups in total. The molecule has 1 atom stereocenters. The fourth-order valence-corrected chi connectivity index (χ4v) is 5.11. The lowest BCUT2D eigenvalue weighted by Crippen LogP contribution is -2.35. The zero-order chi connectivity index (χ0) is 15.6. The maximum absolute atomic E-state index is 12.6. The lowest BCUT2D eigenvalue weighted by molar-refractivity contribution is 0.338. The van der Waals surface area contributed by atoms with Crippen molar-refractivity contribution in [1.29, 1.82) is 0 Å². The van der Waals surface area contributed by atoms with Crippen LogP contribution in [0.3, 0.4) is 0 Å². The number of hydrogen-bond donors (Lipinski definition) is 1. The van der Waals surface area contributed by atoms with Crippen LogP contribution in [0.15, 0.2) is 15.7 Å². The second kappa shape index (κ2) is 6.77. The van der Waals surface area contributed by atoms with Gasteiger partial charge in [0.05, 0.1) is 0 Å². The summed E-state index contributed by atoms with van der Waals surface area (Å²) in [5.41, 5.74) is 1.07. The minimum Gasteiger partial charge on any atom is -0.310 e. The van der Waals surface area contributed by atoms with E-state index in [0.29, 0.717) is 16.2 Å². The van der Waals surface area contributed by atoms with Crippen molar-refractivity contribution in [3.8, 4) is 0 Å². The fraction of sp³-hybridized carbons (Fsp3) is 0.733. The van der Waals surface area contributed by atoms with E-state index in [1.807, 2.05) is 18.4 Å². The highest BCUT2D eigenvalue weighted by Crippen LogP contribution is 2.26. The average molecular weight is 331 g/mol. The van der Waals surface area contributed by atoms with E-state index in [4.69, 9.17) is 0 Å². The summed E-state index contributed by atoms with van der Waals surface area (Å²) >= 11 is 1.32. The third kappa shape index (κ3) is 4.52. The second-order valence-corrected chi connectivity index (χ2v) is 9.56. The zero-order valence-electron chi connectivity index (χ0n) is 13.3. The lowest BCUT2D eigenvalue weighted by Gasteiger charge is -2.24. The Morgan fingerprint density at radius 3 is 2.62 bits per heavy atom. The molecule has 1 saturated carbocycles. The minimum absolute atomic E-state index is 0.0186. The van der Waals surface area contributed by atoms with Gasteiger partial charge < -0.3 is 5.32 Å². The predicted molar refractivity (Wildman–Crippen MR) is 88.0 cm³/mol. The summed E-state index contributed by atoms with van der Waals surface area (Å²) < 4.78 is 27.2. The molecule has 1 fully saturated rings. The van der Waals surface area contributed by atoms with Crippen molar-refractivity contribution in [2.24, 2.45) is 5.92 Å². The van der Waals surface area contributed by atoms with E-state index in [-0.39, 0.29) is 6.04 Å². The van der Waals surface area contributed by atoms with Crippen molar-refractivity contribution in [3.63, 3.8) is 0 Å². The van der Waals surface area contributed by atoms with Gasteiger partial charge in [-0.25, -0.2) is 8.42 Å². The Balaban J connectivity index is 2.03. The number of nitrogens with one attached hydrogen (secondary N) is 1. The Hall–Kier alpha value is -0.430. The van der Waals surface area contributed by atoms with E-state index in [0.717, 1.165) is 18.5 Å². The highest BCUT2D eigenvalue weighted by atomic mass is 32.2. The van der Waals surface area contributed by atoms with Gasteiger partial charge in [0.1, 0.15) is 4.21 Å². The monoisotopic (exact) mass is 330 g/mol. The first-order valence-corrected chi connectivity index (χ1v) is 9.91. The SMILES string of the molecule is CC(C)CC(C)N(C)S(=O)(=O)c1cc(CNC2CC2)cs1. The smallest absolute Gasteiger partial charge is 0.252 e. The van der Waals surface area contributed by atoms with Crippen molar-refractivity contribution < 1.29 is 8.42 Å². The molecule has 0 aliphatic heterocycles. The lowest BCUT2D eigenvalue weighted by atomic mass is 10.1. The molecule has 0 aromatic carbocycles. The predicted octanol–water partition coefficient (Wildman–Crippen LogP) is 3.06. The molecule has 1 aliphatic rings. The Labute approximate surface area is 132 Å². The third-order valence-electron chi connectivity index (χ3n) is 3.87. The van der Waals surface area contributed by atoms with Gasteiger partial charge in [0.15, 0.2) is 0 Å². The van der Waals surface area contributed by atoms with Gasteiger partial charge in [-0.2, -0.15) is 4.31 Å². The standard InChI is InChI=1S/C15H26N2O2S2/c1-11(2)7-12(3)17(4)21(18,19)15-8-13(10-20-15)9-16-14-5-6-14/h8,10-12,14,16H,5-7,9H2,1-4H3. The van der Waals surface area contributed by atoms with Gasteiger partial charge in [-0.1, -0.05) is 13.8 Å². The third-order valence-corrected chi connectivity index (χ3v) is 7.30. The van der Waals surface area contributed by atoms with Gasteiger partial charge in [-0.05, 0) is 49.1 Å². The molecule has 1 unspecified atom stereocenters. The molecule has 0 spiro atoms. The van der Waals surface area contributed by atoms with Crippen molar-refractivity contribution in [3.05, 3.63) is 17.0 Å². The van der Waals surface area contributed by atoms with Crippen molar-refractivity contribution in [1.82, 2.24) is 9.62 Å². The molecule has 1 aromatic heterocycles. The first-order chi connectivity index (χ1) is 9.80. The summed E-state index contributed by atoms with van der Waals surface area (Å²) in [4.78, 5) is 0. The van der Waals surface area contributed by atoms with E-state index in [2.05, 4.69) is 19.2 Å². The van der Waals surface area contributed by atoms with Gasteiger partial charge in [0, 0.05) is 25.7 Å². The first kappa shape index (κ1) is 16.9. The van der Waals surface area contributed by atoms with Crippen LogP contribution in [0.2, 0.25) is 0 Å². The van der Waals surface area contributed by atoms with Crippen LogP contribution < -0.4 is 5.32 Å². The Morgan fingerprint density at radius 2 is 2.05 bits per heavy atom. The molecule has 0 bridgehead atoms. The summed E-state index contributed by atoms with van der Waals surface area (Å²) in [6.07, 6.45) is 3.35. The van der Waals surface area contributed by atoms with Crippen LogP contribution in [0, 0.1) is 5.92 Å². The van der Waals surface area contributed by atoms with Crippen LogP contribution in [0.25, 0.3) is 0 Å². The number of rotatable bonds is 8. The summed E-state index contributed by atoms with van der Waals surface area (Å²) in [5.74, 6) is 0.485. The number of nitrogens with zero attached hydrogens (tertiary/aromatic N) is 1. The summed E-state index contributed by atoms with van der Waals surface area (Å²) in [6, 6.07) is 2.47. The van der Waals surface area contributed by atoms with E-state index < -0.39 is 10.0 Å². The van der Waals surface area contributed by atoms with Gasteiger partial charge in [-0.15, -0.1) is 11.3 Å². The highest BCUT2D eigenvalue weighted by Gasteiger charge is 2.27. The normalized spacial score (nSPS) is 17.6. The van der Waals surface area contributed by atoms with Crippen LogP contribution in [-0.2, 0) is 16.6 Å². The van der Waals surface area contributed by atoms with Gasteiger partial charge in [0.25, 0.3) is 10.0 Å². The molecule has 4 nitrogen and oxygen atoms in total. The Bertz CT molecular complexity index is 562. The van der Waals surface area contributed by atoms with Gasteiger partial charge in [-0.3, -0.25) is 0 Å². The molecular weight excluding hydrogens is 304 g/mol. The maximum atomic E-state index is 12.6. The summed E-state index contributed by atoms with van der Waals surface area (Å²) in [6.45, 7) is 6.97. The molecule has 1 aliphatic carbocycles. The molecular formula is C15H26N2O2S2. The number of thiophene rings is 1. The van der Waals surface area contributed by atoms with Crippen LogP contribution >= 0.6 is 11.3 Å². The molecule has 120 valence electrons. The highest BCUT2D eigenvalue weighted by molar-refractivity contribution is 7.91. The van der Waals surface area contributed by atoms with Crippen molar-refractivity contribution in [2.45, 2.75) is 62.9 Å². The number of sulfonamides is 1. The van der Waals surface area contributed by atoms with Crippen molar-refractivity contribution in [2.75, 3.05) is 7.05 Å². The molecule has 2 rings (SSSR count). The zero-order valence-corrected chi connectivity index (χ0v) is 14.9. The molecule has 21 heavy (non-hydrogen) atoms. The molecule has 0 amide bonds. The van der Waals surface area contributed by atoms with Crippen LogP contribution in [-0.4, -0.2) is 31.9 Å². The number of hydrogen-bond acceptors (Lipinski definition) is 4. The van der Waals surface area contributed by atoms with E-state index in [1.54, 1.807) is 7.05 Å². The fourth-order valence-electron chi connectivity index (χ4n) is 2.34.